The van der Waals surface area contributed by atoms with Gasteiger partial charge in [0.2, 0.25) is 0 Å². The Morgan fingerprint density at radius 3 is 3.09 bits per heavy atom. The van der Waals surface area contributed by atoms with Crippen molar-refractivity contribution >= 4 is 5.69 Å². The van der Waals surface area contributed by atoms with Gasteiger partial charge in [-0.3, -0.25) is 0 Å². The summed E-state index contributed by atoms with van der Waals surface area (Å²) in [6, 6.07) is 10.9. The summed E-state index contributed by atoms with van der Waals surface area (Å²) in [7, 11) is 1.69. The molecule has 1 aromatic rings. The Morgan fingerprint density at radius 1 is 1.55 bits per heavy atom. The van der Waals surface area contributed by atoms with Crippen LogP contribution in [-0.2, 0) is 4.74 Å². The van der Waals surface area contributed by atoms with Crippen LogP contribution in [0.1, 0.15) is 0 Å². The molecule has 0 aliphatic heterocycles. The number of hydrogen-bond acceptors (Lipinski definition) is 2. The molecule has 1 aromatic carbocycles. The van der Waals surface area contributed by atoms with E-state index in [1.807, 2.05) is 24.3 Å². The van der Waals surface area contributed by atoms with E-state index in [-0.39, 0.29) is 0 Å². The second-order valence-corrected chi connectivity index (χ2v) is 2.20. The lowest BCUT2D eigenvalue weighted by molar-refractivity contribution is 0.211. The van der Waals surface area contributed by atoms with Crippen LogP contribution < -0.4 is 5.32 Å². The first-order valence-corrected chi connectivity index (χ1v) is 3.63. The van der Waals surface area contributed by atoms with Gasteiger partial charge in [-0.15, -0.1) is 0 Å². The van der Waals surface area contributed by atoms with Crippen LogP contribution in [0.2, 0.25) is 0 Å². The molecule has 1 rings (SSSR count). The van der Waals surface area contributed by atoms with Gasteiger partial charge < -0.3 is 10.1 Å². The molecule has 0 bridgehead atoms. The van der Waals surface area contributed by atoms with Crippen molar-refractivity contribution in [1.29, 1.82) is 0 Å². The average Bonchev–Trinajstić information content (AvgIpc) is 2.07. The maximum absolute atomic E-state index is 4.89. The maximum atomic E-state index is 4.89. The molecule has 0 aliphatic carbocycles. The second kappa shape index (κ2) is 4.74. The third-order valence-electron chi connectivity index (χ3n) is 1.33. The van der Waals surface area contributed by atoms with Gasteiger partial charge in [0, 0.05) is 25.4 Å². The smallest absolute Gasteiger partial charge is 0.0635 e. The molecule has 0 saturated carbocycles. The van der Waals surface area contributed by atoms with Gasteiger partial charge in [0.15, 0.2) is 0 Å². The van der Waals surface area contributed by atoms with Gasteiger partial charge in [-0.25, -0.2) is 0 Å². The van der Waals surface area contributed by atoms with Crippen LogP contribution in [0.3, 0.4) is 0 Å². The minimum atomic E-state index is 0.725. The molecule has 1 radical (unpaired) electrons. The fraction of sp³-hybridized carbons (Fsp3) is 0.333. The monoisotopic (exact) mass is 150 g/mol. The Hall–Kier alpha value is -1.02. The first kappa shape index (κ1) is 8.08. The minimum Gasteiger partial charge on any atom is -0.383 e. The number of rotatable bonds is 4. The molecular weight excluding hydrogens is 138 g/mol. The van der Waals surface area contributed by atoms with E-state index in [4.69, 9.17) is 4.74 Å². The average molecular weight is 150 g/mol. The van der Waals surface area contributed by atoms with E-state index in [1.54, 1.807) is 7.11 Å². The number of ether oxygens (including phenoxy) is 1. The van der Waals surface area contributed by atoms with Gasteiger partial charge in [0.1, 0.15) is 0 Å². The van der Waals surface area contributed by atoms with Gasteiger partial charge in [-0.2, -0.15) is 0 Å². The van der Waals surface area contributed by atoms with E-state index in [0.717, 1.165) is 18.8 Å². The molecule has 11 heavy (non-hydrogen) atoms. The summed E-state index contributed by atoms with van der Waals surface area (Å²) in [6.45, 7) is 1.56. The fourth-order valence-corrected chi connectivity index (χ4v) is 0.791. The van der Waals surface area contributed by atoms with Gasteiger partial charge in [0.05, 0.1) is 6.61 Å². The van der Waals surface area contributed by atoms with E-state index in [9.17, 15) is 0 Å². The lowest BCUT2D eigenvalue weighted by Gasteiger charge is -2.03. The van der Waals surface area contributed by atoms with E-state index in [0.29, 0.717) is 0 Å². The van der Waals surface area contributed by atoms with E-state index >= 15 is 0 Å². The van der Waals surface area contributed by atoms with E-state index in [2.05, 4.69) is 11.4 Å². The third-order valence-corrected chi connectivity index (χ3v) is 1.33. The number of anilines is 1. The number of methoxy groups -OCH3 is 1. The van der Waals surface area contributed by atoms with Crippen molar-refractivity contribution in [1.82, 2.24) is 0 Å². The molecule has 0 amide bonds. The molecule has 1 N–H and O–H groups in total. The van der Waals surface area contributed by atoms with Crippen LogP contribution in [0.4, 0.5) is 5.69 Å². The lowest BCUT2D eigenvalue weighted by Crippen LogP contribution is -2.07. The van der Waals surface area contributed by atoms with Gasteiger partial charge in [-0.1, -0.05) is 18.2 Å². The summed E-state index contributed by atoms with van der Waals surface area (Å²) in [5.74, 6) is 0. The summed E-state index contributed by atoms with van der Waals surface area (Å²) >= 11 is 0. The van der Waals surface area contributed by atoms with Crippen LogP contribution >= 0.6 is 0 Å². The zero-order chi connectivity index (χ0) is 7.94. The summed E-state index contributed by atoms with van der Waals surface area (Å²) in [5, 5.41) is 3.16. The molecule has 0 heterocycles. The van der Waals surface area contributed by atoms with Crippen LogP contribution in [0, 0.1) is 6.07 Å². The van der Waals surface area contributed by atoms with Crippen LogP contribution in [-0.4, -0.2) is 20.3 Å². The fourth-order valence-electron chi connectivity index (χ4n) is 0.791. The van der Waals surface area contributed by atoms with Gasteiger partial charge in [0.25, 0.3) is 0 Å². The Balaban J connectivity index is 2.28. The third kappa shape index (κ3) is 3.05. The highest BCUT2D eigenvalue weighted by Crippen LogP contribution is 2.02. The topological polar surface area (TPSA) is 21.3 Å². The Labute approximate surface area is 67.2 Å². The SMILES string of the molecule is COCCNc1[c]cccc1. The van der Waals surface area contributed by atoms with Crippen molar-refractivity contribution in [3.63, 3.8) is 0 Å². The highest BCUT2D eigenvalue weighted by atomic mass is 16.5. The highest BCUT2D eigenvalue weighted by molar-refractivity contribution is 5.40. The molecule has 0 aromatic heterocycles. The van der Waals surface area contributed by atoms with Crippen LogP contribution in [0.15, 0.2) is 24.3 Å². The molecule has 2 heteroatoms. The summed E-state index contributed by atoms with van der Waals surface area (Å²) in [4.78, 5) is 0. The molecule has 2 nitrogen and oxygen atoms in total. The van der Waals surface area contributed by atoms with E-state index in [1.165, 1.54) is 0 Å². The van der Waals surface area contributed by atoms with E-state index < -0.39 is 0 Å². The number of hydrogen-bond donors (Lipinski definition) is 1. The molecule has 0 aliphatic rings. The summed E-state index contributed by atoms with van der Waals surface area (Å²) in [6.07, 6.45) is 0. The maximum Gasteiger partial charge on any atom is 0.0635 e. The quantitative estimate of drug-likeness (QED) is 0.657. The first-order valence-electron chi connectivity index (χ1n) is 3.63. The zero-order valence-corrected chi connectivity index (χ0v) is 6.63. The second-order valence-electron chi connectivity index (χ2n) is 2.20. The molecule has 0 fully saturated rings. The summed E-state index contributed by atoms with van der Waals surface area (Å²) < 4.78 is 4.89. The predicted octanol–water partition coefficient (Wildman–Crippen LogP) is 1.55. The Morgan fingerprint density at radius 2 is 2.45 bits per heavy atom. The number of nitrogens with one attached hydrogen (secondary N) is 1. The summed E-state index contributed by atoms with van der Waals surface area (Å²) in [5.41, 5.74) is 1.02. The zero-order valence-electron chi connectivity index (χ0n) is 6.63. The highest BCUT2D eigenvalue weighted by Gasteiger charge is 1.87. The molecule has 59 valence electrons. The number of para-hydroxylation sites is 1. The van der Waals surface area contributed by atoms with Crippen molar-refractivity contribution in [2.45, 2.75) is 0 Å². The molecule has 0 atom stereocenters. The lowest BCUT2D eigenvalue weighted by atomic mass is 10.3. The van der Waals surface area contributed by atoms with Crippen molar-refractivity contribution < 1.29 is 4.74 Å². The Kier molecular flexibility index (Phi) is 3.48. The van der Waals surface area contributed by atoms with Crippen molar-refractivity contribution in [3.05, 3.63) is 30.3 Å². The normalized spacial score (nSPS) is 9.55. The van der Waals surface area contributed by atoms with Crippen molar-refractivity contribution in [2.75, 3.05) is 25.6 Å². The van der Waals surface area contributed by atoms with Crippen LogP contribution in [0.5, 0.6) is 0 Å². The molecule has 0 unspecified atom stereocenters. The Bertz CT molecular complexity index is 186. The van der Waals surface area contributed by atoms with Gasteiger partial charge in [-0.05, 0) is 6.07 Å². The first-order chi connectivity index (χ1) is 5.43. The number of benzene rings is 1. The van der Waals surface area contributed by atoms with Crippen molar-refractivity contribution in [2.24, 2.45) is 0 Å². The molecule has 0 spiro atoms. The van der Waals surface area contributed by atoms with Gasteiger partial charge >= 0.3 is 0 Å². The molecule has 0 saturated heterocycles. The standard InChI is InChI=1S/C9H12NO/c1-11-8-7-10-9-5-3-2-4-6-9/h2-5,10H,7-8H2,1H3. The largest absolute Gasteiger partial charge is 0.383 e. The van der Waals surface area contributed by atoms with Crippen LogP contribution in [0.25, 0.3) is 0 Å². The predicted molar refractivity (Wildman–Crippen MR) is 45.6 cm³/mol. The minimum absolute atomic E-state index is 0.725. The van der Waals surface area contributed by atoms with Crippen molar-refractivity contribution in [3.8, 4) is 0 Å². The molecular formula is C9H12NO.